The highest BCUT2D eigenvalue weighted by Gasteiger charge is 2.29. The van der Waals surface area contributed by atoms with E-state index in [1.807, 2.05) is 12.1 Å². The van der Waals surface area contributed by atoms with Crippen LogP contribution in [0.3, 0.4) is 0 Å². The average Bonchev–Trinajstić information content (AvgIpc) is 3.61. The normalized spacial score (nSPS) is 13.4. The fourth-order valence-corrected chi connectivity index (χ4v) is 3.96. The van der Waals surface area contributed by atoms with Crippen molar-refractivity contribution in [2.45, 2.75) is 31.2 Å². The predicted molar refractivity (Wildman–Crippen MR) is 122 cm³/mol. The van der Waals surface area contributed by atoms with Crippen molar-refractivity contribution in [3.8, 4) is 0 Å². The number of sulfonamides is 1. The lowest BCUT2D eigenvalue weighted by molar-refractivity contribution is -0.122. The number of nitrogens with two attached hydrogens (primary N) is 1. The summed E-state index contributed by atoms with van der Waals surface area (Å²) in [5.41, 5.74) is 2.41. The second kappa shape index (κ2) is 9.12. The zero-order valence-corrected chi connectivity index (χ0v) is 18.6. The van der Waals surface area contributed by atoms with Crippen molar-refractivity contribution in [2.75, 3.05) is 10.6 Å². The molecule has 3 aromatic rings. The van der Waals surface area contributed by atoms with Gasteiger partial charge in [-0.2, -0.15) is 4.98 Å². The molecule has 0 unspecified atom stereocenters. The van der Waals surface area contributed by atoms with Gasteiger partial charge in [-0.3, -0.25) is 4.79 Å². The van der Waals surface area contributed by atoms with Crippen LogP contribution in [0.4, 0.5) is 27.5 Å². The van der Waals surface area contributed by atoms with E-state index < -0.39 is 15.8 Å². The number of rotatable bonds is 8. The summed E-state index contributed by atoms with van der Waals surface area (Å²) in [5, 5.41) is 13.9. The molecule has 1 aliphatic carbocycles. The van der Waals surface area contributed by atoms with Gasteiger partial charge >= 0.3 is 0 Å². The molecule has 0 atom stereocenters. The molecule has 1 saturated carbocycles. The third kappa shape index (κ3) is 5.82. The minimum Gasteiger partial charge on any atom is -0.352 e. The van der Waals surface area contributed by atoms with Crippen molar-refractivity contribution in [2.24, 2.45) is 11.1 Å². The Morgan fingerprint density at radius 3 is 2.48 bits per heavy atom. The number of aryl methyl sites for hydroxylation is 1. The average molecular weight is 471 g/mol. The molecule has 1 fully saturated rings. The van der Waals surface area contributed by atoms with Gasteiger partial charge in [-0.1, -0.05) is 18.2 Å². The summed E-state index contributed by atoms with van der Waals surface area (Å²) in [6.45, 7) is 2.06. The van der Waals surface area contributed by atoms with E-state index >= 15 is 0 Å². The van der Waals surface area contributed by atoms with Gasteiger partial charge in [-0.15, -0.1) is 0 Å². The Labute approximate surface area is 190 Å². The molecular weight excluding hydrogens is 447 g/mol. The van der Waals surface area contributed by atoms with Gasteiger partial charge < -0.3 is 16.0 Å². The number of primary sulfonamides is 1. The van der Waals surface area contributed by atoms with Crippen LogP contribution in [0.2, 0.25) is 0 Å². The lowest BCUT2D eigenvalue weighted by Gasteiger charge is -2.11. The van der Waals surface area contributed by atoms with Gasteiger partial charge in [-0.25, -0.2) is 22.9 Å². The number of hydrogen-bond acceptors (Lipinski definition) is 7. The number of aromatic nitrogens is 2. The fourth-order valence-electron chi connectivity index (χ4n) is 3.15. The molecule has 11 heteroatoms. The summed E-state index contributed by atoms with van der Waals surface area (Å²) in [6, 6.07) is 11.8. The van der Waals surface area contributed by atoms with Gasteiger partial charge in [0.2, 0.25) is 21.9 Å². The first-order chi connectivity index (χ1) is 15.7. The highest BCUT2D eigenvalue weighted by atomic mass is 32.2. The Balaban J connectivity index is 1.45. The summed E-state index contributed by atoms with van der Waals surface area (Å²) < 4.78 is 37.7. The molecule has 0 radical (unpaired) electrons. The molecule has 0 bridgehead atoms. The predicted octanol–water partition coefficient (Wildman–Crippen LogP) is 3.08. The lowest BCUT2D eigenvalue weighted by Crippen LogP contribution is -2.24. The fraction of sp³-hybridized carbons (Fsp3) is 0.227. The summed E-state index contributed by atoms with van der Waals surface area (Å²) >= 11 is 0. The van der Waals surface area contributed by atoms with E-state index in [0.717, 1.165) is 24.6 Å². The maximum atomic E-state index is 14.3. The second-order valence-electron chi connectivity index (χ2n) is 7.85. The molecule has 0 saturated heterocycles. The first-order valence-corrected chi connectivity index (χ1v) is 11.8. The summed E-state index contributed by atoms with van der Waals surface area (Å²) in [5.74, 6) is -0.412. The van der Waals surface area contributed by atoms with Gasteiger partial charge in [0.05, 0.1) is 11.1 Å². The molecule has 9 nitrogen and oxygen atoms in total. The largest absolute Gasteiger partial charge is 0.352 e. The van der Waals surface area contributed by atoms with Crippen LogP contribution in [0.1, 0.15) is 24.0 Å². The Morgan fingerprint density at radius 2 is 1.82 bits per heavy atom. The quantitative estimate of drug-likeness (QED) is 0.397. The lowest BCUT2D eigenvalue weighted by atomic mass is 10.2. The Kier molecular flexibility index (Phi) is 6.25. The molecule has 2 aromatic carbocycles. The number of carbonyl (C=O) groups excluding carboxylic acids is 1. The molecule has 5 N–H and O–H groups in total. The van der Waals surface area contributed by atoms with Gasteiger partial charge in [0, 0.05) is 23.8 Å². The number of anilines is 4. The molecule has 1 heterocycles. The second-order valence-corrected chi connectivity index (χ2v) is 9.38. The monoisotopic (exact) mass is 470 g/mol. The standard InChI is InChI=1S/C22H23FN6O3S/c1-13-2-7-17(10-19(13)33(24,31)32)28-22-26-12-18(23)20(29-22)27-16-8-3-14(4-9-16)11-25-21(30)15-5-6-15/h2-4,7-10,12,15H,5-6,11H2,1H3,(H,25,30)(H2,24,31,32)(H2,26,27,28,29). The minimum absolute atomic E-state index is 0.0265. The van der Waals surface area contributed by atoms with E-state index in [1.165, 1.54) is 6.07 Å². The third-order valence-corrected chi connectivity index (χ3v) is 6.18. The van der Waals surface area contributed by atoms with Crippen molar-refractivity contribution in [1.29, 1.82) is 0 Å². The zero-order chi connectivity index (χ0) is 23.6. The molecule has 1 amide bonds. The van der Waals surface area contributed by atoms with E-state index in [1.54, 1.807) is 31.2 Å². The summed E-state index contributed by atoms with van der Waals surface area (Å²) in [6.07, 6.45) is 2.91. The van der Waals surface area contributed by atoms with Crippen molar-refractivity contribution >= 4 is 39.1 Å². The van der Waals surface area contributed by atoms with Crippen LogP contribution in [0, 0.1) is 18.7 Å². The van der Waals surface area contributed by atoms with Crippen LogP contribution in [0.15, 0.2) is 53.6 Å². The number of carbonyl (C=O) groups is 1. The van der Waals surface area contributed by atoms with E-state index in [9.17, 15) is 17.6 Å². The Bertz CT molecular complexity index is 1290. The highest BCUT2D eigenvalue weighted by Crippen LogP contribution is 2.29. The van der Waals surface area contributed by atoms with Crippen LogP contribution < -0.4 is 21.1 Å². The van der Waals surface area contributed by atoms with Crippen LogP contribution in [0.5, 0.6) is 0 Å². The maximum Gasteiger partial charge on any atom is 0.238 e. The van der Waals surface area contributed by atoms with Crippen LogP contribution in [-0.4, -0.2) is 24.3 Å². The smallest absolute Gasteiger partial charge is 0.238 e. The topological polar surface area (TPSA) is 139 Å². The Morgan fingerprint density at radius 1 is 1.12 bits per heavy atom. The molecular formula is C22H23FN6O3S. The van der Waals surface area contributed by atoms with Gasteiger partial charge in [0.15, 0.2) is 11.6 Å². The number of amides is 1. The first kappa shape index (κ1) is 22.6. The van der Waals surface area contributed by atoms with E-state index in [4.69, 9.17) is 5.14 Å². The van der Waals surface area contributed by atoms with E-state index in [0.29, 0.717) is 23.5 Å². The summed E-state index contributed by atoms with van der Waals surface area (Å²) in [4.78, 5) is 19.8. The zero-order valence-electron chi connectivity index (χ0n) is 17.8. The van der Waals surface area contributed by atoms with Gasteiger partial charge in [0.25, 0.3) is 0 Å². The molecule has 4 rings (SSSR count). The molecule has 0 spiro atoms. The molecule has 1 aromatic heterocycles. The van der Waals surface area contributed by atoms with Crippen molar-refractivity contribution in [3.05, 3.63) is 65.6 Å². The minimum atomic E-state index is -3.89. The number of nitrogens with zero attached hydrogens (tertiary/aromatic N) is 2. The van der Waals surface area contributed by atoms with Crippen molar-refractivity contribution in [1.82, 2.24) is 15.3 Å². The third-order valence-electron chi connectivity index (χ3n) is 5.13. The molecule has 1 aliphatic rings. The van der Waals surface area contributed by atoms with Crippen molar-refractivity contribution in [3.63, 3.8) is 0 Å². The number of benzene rings is 2. The van der Waals surface area contributed by atoms with Crippen molar-refractivity contribution < 1.29 is 17.6 Å². The maximum absolute atomic E-state index is 14.3. The van der Waals surface area contributed by atoms with Crippen LogP contribution in [-0.2, 0) is 21.4 Å². The molecule has 33 heavy (non-hydrogen) atoms. The summed E-state index contributed by atoms with van der Waals surface area (Å²) in [7, 11) is -3.89. The number of hydrogen-bond donors (Lipinski definition) is 4. The van der Waals surface area contributed by atoms with Gasteiger partial charge in [0.1, 0.15) is 0 Å². The SMILES string of the molecule is Cc1ccc(Nc2ncc(F)c(Nc3ccc(CNC(=O)C4CC4)cc3)n2)cc1S(N)(=O)=O. The van der Waals surface area contributed by atoms with E-state index in [2.05, 4.69) is 25.9 Å². The molecule has 0 aliphatic heterocycles. The number of nitrogens with one attached hydrogen (secondary N) is 3. The van der Waals surface area contributed by atoms with Crippen LogP contribution >= 0.6 is 0 Å². The molecule has 172 valence electrons. The van der Waals surface area contributed by atoms with E-state index in [-0.39, 0.29) is 28.5 Å². The first-order valence-electron chi connectivity index (χ1n) is 10.3. The highest BCUT2D eigenvalue weighted by molar-refractivity contribution is 7.89. The van der Waals surface area contributed by atoms with Gasteiger partial charge in [-0.05, 0) is 55.2 Å². The van der Waals surface area contributed by atoms with Crippen LogP contribution in [0.25, 0.3) is 0 Å². The number of halogens is 1. The Hall–Kier alpha value is -3.57.